The molecule has 0 amide bonds. The number of rotatable bonds is 2. The molecule has 0 atom stereocenters. The average molecular weight is 240 g/mol. The first-order valence-corrected chi connectivity index (χ1v) is 4.95. The molecule has 2 N–H and O–H groups in total. The zero-order chi connectivity index (χ0) is 13.4. The number of aliphatic hydroxyl groups excluding tert-OH is 1. The minimum Gasteiger partial charge on any atom is -0.481 e. The summed E-state index contributed by atoms with van der Waals surface area (Å²) in [7, 11) is 0. The topological polar surface area (TPSA) is 83.8 Å². The van der Waals surface area contributed by atoms with Gasteiger partial charge >= 0.3 is 5.97 Å². The summed E-state index contributed by atoms with van der Waals surface area (Å²) in [6.07, 6.45) is 0. The molecule has 0 aliphatic heterocycles. The van der Waals surface area contributed by atoms with Crippen molar-refractivity contribution < 1.29 is 24.5 Å². The van der Waals surface area contributed by atoms with Gasteiger partial charge in [0.1, 0.15) is 5.75 Å². The predicted octanol–water partition coefficient (Wildman–Crippen LogP) is 1.50. The second-order valence-corrected chi connectivity index (χ2v) is 3.37. The molecule has 0 aromatic heterocycles. The second-order valence-electron chi connectivity index (χ2n) is 3.37. The Morgan fingerprint density at radius 3 is 2.24 bits per heavy atom. The fraction of sp³-hybridized carbons (Fsp3) is 0.333. The number of hydrogen-bond acceptors (Lipinski definition) is 4. The number of carbonyl (C=O) groups is 2. The molecular formula is C12H16O5. The predicted molar refractivity (Wildman–Crippen MR) is 61.7 cm³/mol. The third kappa shape index (κ3) is 7.08. The van der Waals surface area contributed by atoms with Gasteiger partial charge in [0.15, 0.2) is 0 Å². The van der Waals surface area contributed by atoms with Gasteiger partial charge in [-0.3, -0.25) is 9.59 Å². The van der Waals surface area contributed by atoms with Gasteiger partial charge in [0.25, 0.3) is 5.97 Å². The molecule has 5 nitrogen and oxygen atoms in total. The first kappa shape index (κ1) is 15.1. The van der Waals surface area contributed by atoms with Crippen molar-refractivity contribution in [1.82, 2.24) is 0 Å². The van der Waals surface area contributed by atoms with Crippen LogP contribution in [0.3, 0.4) is 0 Å². The number of carbonyl (C=O) groups excluding carboxylic acids is 1. The summed E-state index contributed by atoms with van der Waals surface area (Å²) in [6.45, 7) is 4.24. The smallest absolute Gasteiger partial charge is 0.308 e. The van der Waals surface area contributed by atoms with E-state index in [4.69, 9.17) is 19.7 Å². The molecule has 1 rings (SSSR count). The van der Waals surface area contributed by atoms with Crippen molar-refractivity contribution in [1.29, 1.82) is 0 Å². The van der Waals surface area contributed by atoms with Crippen LogP contribution in [0.2, 0.25) is 0 Å². The Hall–Kier alpha value is -1.88. The van der Waals surface area contributed by atoms with Gasteiger partial charge in [-0.25, -0.2) is 0 Å². The number of ether oxygens (including phenoxy) is 1. The average Bonchev–Trinajstić information content (AvgIpc) is 2.20. The standard InChI is InChI=1S/C10H12O3.C2H4O2/c1-7-3-4-9(6-11)5-10(7)13-8(2)12;1-2(3)4/h3-5,11H,6H2,1-2H3;1H3,(H,3,4). The lowest BCUT2D eigenvalue weighted by molar-refractivity contribution is -0.134. The largest absolute Gasteiger partial charge is 0.481 e. The van der Waals surface area contributed by atoms with E-state index in [1.807, 2.05) is 13.0 Å². The number of hydrogen-bond donors (Lipinski definition) is 2. The third-order valence-electron chi connectivity index (χ3n) is 1.69. The van der Waals surface area contributed by atoms with E-state index in [0.29, 0.717) is 5.75 Å². The first-order valence-electron chi connectivity index (χ1n) is 4.95. The van der Waals surface area contributed by atoms with Crippen molar-refractivity contribution in [2.24, 2.45) is 0 Å². The number of carboxylic acid groups (broad SMARTS) is 1. The Kier molecular flexibility index (Phi) is 6.58. The highest BCUT2D eigenvalue weighted by Crippen LogP contribution is 2.19. The minimum absolute atomic E-state index is 0.0471. The molecule has 94 valence electrons. The van der Waals surface area contributed by atoms with Crippen LogP contribution in [0.25, 0.3) is 0 Å². The number of aliphatic hydroxyl groups is 1. The fourth-order valence-electron chi connectivity index (χ4n) is 1.01. The lowest BCUT2D eigenvalue weighted by Gasteiger charge is -2.06. The third-order valence-corrected chi connectivity index (χ3v) is 1.69. The molecule has 0 radical (unpaired) electrons. The molecule has 0 spiro atoms. The summed E-state index contributed by atoms with van der Waals surface area (Å²) < 4.78 is 4.94. The SMILES string of the molecule is CC(=O)O.CC(=O)Oc1cc(CO)ccc1C. The molecule has 0 saturated carbocycles. The van der Waals surface area contributed by atoms with E-state index in [1.54, 1.807) is 12.1 Å². The summed E-state index contributed by atoms with van der Waals surface area (Å²) in [5.74, 6) is -0.669. The Bertz CT molecular complexity index is 394. The van der Waals surface area contributed by atoms with E-state index >= 15 is 0 Å². The van der Waals surface area contributed by atoms with Gasteiger partial charge in [-0.1, -0.05) is 12.1 Å². The van der Waals surface area contributed by atoms with Crippen molar-refractivity contribution in [2.45, 2.75) is 27.4 Å². The lowest BCUT2D eigenvalue weighted by atomic mass is 10.1. The van der Waals surface area contributed by atoms with Gasteiger partial charge in [0, 0.05) is 13.8 Å². The molecule has 1 aromatic rings. The highest BCUT2D eigenvalue weighted by atomic mass is 16.5. The quantitative estimate of drug-likeness (QED) is 0.604. The summed E-state index contributed by atoms with van der Waals surface area (Å²) in [5, 5.41) is 16.3. The van der Waals surface area contributed by atoms with E-state index in [0.717, 1.165) is 18.1 Å². The molecule has 0 aliphatic rings. The molecule has 0 fully saturated rings. The van der Waals surface area contributed by atoms with Crippen molar-refractivity contribution >= 4 is 11.9 Å². The number of benzene rings is 1. The van der Waals surface area contributed by atoms with Crippen molar-refractivity contribution in [3.8, 4) is 5.75 Å². The van der Waals surface area contributed by atoms with E-state index < -0.39 is 5.97 Å². The summed E-state index contributed by atoms with van der Waals surface area (Å²) in [5.41, 5.74) is 1.62. The van der Waals surface area contributed by atoms with Gasteiger partial charge in [-0.2, -0.15) is 0 Å². The molecule has 17 heavy (non-hydrogen) atoms. The molecule has 0 saturated heterocycles. The van der Waals surface area contributed by atoms with Gasteiger partial charge in [-0.15, -0.1) is 0 Å². The van der Waals surface area contributed by atoms with Crippen molar-refractivity contribution in [3.63, 3.8) is 0 Å². The Morgan fingerprint density at radius 2 is 1.82 bits per heavy atom. The van der Waals surface area contributed by atoms with Crippen LogP contribution in [0.4, 0.5) is 0 Å². The van der Waals surface area contributed by atoms with E-state index in [1.165, 1.54) is 6.92 Å². The molecule has 1 aromatic carbocycles. The summed E-state index contributed by atoms with van der Waals surface area (Å²) >= 11 is 0. The maximum atomic E-state index is 10.7. The first-order chi connectivity index (χ1) is 7.86. The van der Waals surface area contributed by atoms with Crippen LogP contribution in [-0.2, 0) is 16.2 Å². The number of aryl methyl sites for hydroxylation is 1. The van der Waals surface area contributed by atoms with Crippen LogP contribution in [0.1, 0.15) is 25.0 Å². The molecule has 0 unspecified atom stereocenters. The lowest BCUT2D eigenvalue weighted by Crippen LogP contribution is -2.03. The van der Waals surface area contributed by atoms with Crippen LogP contribution in [0.5, 0.6) is 5.75 Å². The number of aliphatic carboxylic acids is 1. The van der Waals surface area contributed by atoms with Gasteiger partial charge < -0.3 is 14.9 Å². The van der Waals surface area contributed by atoms with E-state index in [2.05, 4.69) is 0 Å². The Morgan fingerprint density at radius 1 is 1.29 bits per heavy atom. The van der Waals surface area contributed by atoms with E-state index in [9.17, 15) is 4.79 Å². The maximum absolute atomic E-state index is 10.7. The Labute approximate surface area is 99.7 Å². The normalized spacial score (nSPS) is 8.94. The Balaban J connectivity index is 0.000000557. The van der Waals surface area contributed by atoms with Crippen LogP contribution in [0, 0.1) is 6.92 Å². The van der Waals surface area contributed by atoms with Crippen LogP contribution in [0.15, 0.2) is 18.2 Å². The number of carboxylic acids is 1. The molecule has 0 heterocycles. The highest BCUT2D eigenvalue weighted by molar-refractivity contribution is 5.69. The van der Waals surface area contributed by atoms with Gasteiger partial charge in [0.05, 0.1) is 6.61 Å². The maximum Gasteiger partial charge on any atom is 0.308 e. The minimum atomic E-state index is -0.833. The number of esters is 1. The molecule has 0 aliphatic carbocycles. The van der Waals surface area contributed by atoms with E-state index in [-0.39, 0.29) is 12.6 Å². The van der Waals surface area contributed by atoms with Gasteiger partial charge in [-0.05, 0) is 24.1 Å². The zero-order valence-electron chi connectivity index (χ0n) is 10.1. The fourth-order valence-corrected chi connectivity index (χ4v) is 1.01. The van der Waals surface area contributed by atoms with Gasteiger partial charge in [0.2, 0.25) is 0 Å². The summed E-state index contributed by atoms with van der Waals surface area (Å²) in [4.78, 5) is 19.7. The molecule has 0 bridgehead atoms. The molecular weight excluding hydrogens is 224 g/mol. The van der Waals surface area contributed by atoms with Crippen LogP contribution in [-0.4, -0.2) is 22.2 Å². The van der Waals surface area contributed by atoms with Crippen LogP contribution >= 0.6 is 0 Å². The summed E-state index contributed by atoms with van der Waals surface area (Å²) in [6, 6.07) is 5.27. The molecule has 5 heteroatoms. The highest BCUT2D eigenvalue weighted by Gasteiger charge is 2.03. The monoisotopic (exact) mass is 240 g/mol. The van der Waals surface area contributed by atoms with Crippen molar-refractivity contribution in [3.05, 3.63) is 29.3 Å². The van der Waals surface area contributed by atoms with Crippen molar-refractivity contribution in [2.75, 3.05) is 0 Å². The zero-order valence-corrected chi connectivity index (χ0v) is 10.1. The second kappa shape index (κ2) is 7.40. The van der Waals surface area contributed by atoms with Crippen LogP contribution < -0.4 is 4.74 Å².